The van der Waals surface area contributed by atoms with E-state index in [-0.39, 0.29) is 4.90 Å². The molecule has 1 fully saturated rings. The number of ether oxygens (including phenoxy) is 1. The Kier molecular flexibility index (Phi) is 4.69. The average molecular weight is 343 g/mol. The van der Waals surface area contributed by atoms with Crippen LogP contribution in [-0.4, -0.2) is 66.4 Å². The number of benzene rings is 1. The van der Waals surface area contributed by atoms with Crippen LogP contribution in [0, 0.1) is 0 Å². The zero-order valence-corrected chi connectivity index (χ0v) is 13.5. The SMILES string of the molecule is O=S(=O)(O)c1ccc2nc(SCCN3CCOCC3)[nH]c2c1. The lowest BCUT2D eigenvalue weighted by molar-refractivity contribution is 0.0410. The van der Waals surface area contributed by atoms with Crippen LogP contribution < -0.4 is 0 Å². The highest BCUT2D eigenvalue weighted by Crippen LogP contribution is 2.22. The molecule has 0 spiro atoms. The number of imidazole rings is 1. The fourth-order valence-corrected chi connectivity index (χ4v) is 3.68. The maximum absolute atomic E-state index is 11.1. The van der Waals surface area contributed by atoms with Crippen molar-refractivity contribution in [1.82, 2.24) is 14.9 Å². The third-order valence-electron chi connectivity index (χ3n) is 3.48. The van der Waals surface area contributed by atoms with Crippen molar-refractivity contribution in [2.75, 3.05) is 38.6 Å². The smallest absolute Gasteiger partial charge is 0.294 e. The Hall–Kier alpha value is -1.13. The standard InChI is InChI=1S/C13H17N3O4S2/c17-22(18,19)10-1-2-11-12(9-10)15-13(14-11)21-8-5-16-3-6-20-7-4-16/h1-2,9H,3-8H2,(H,14,15)(H,17,18,19). The molecule has 120 valence electrons. The maximum Gasteiger partial charge on any atom is 0.294 e. The summed E-state index contributed by atoms with van der Waals surface area (Å²) in [6, 6.07) is 4.32. The van der Waals surface area contributed by atoms with E-state index in [9.17, 15) is 8.42 Å². The van der Waals surface area contributed by atoms with E-state index < -0.39 is 10.1 Å². The Bertz CT molecular complexity index is 754. The van der Waals surface area contributed by atoms with Crippen molar-refractivity contribution in [3.05, 3.63) is 18.2 Å². The summed E-state index contributed by atoms with van der Waals surface area (Å²) < 4.78 is 36.6. The van der Waals surface area contributed by atoms with Gasteiger partial charge in [0.1, 0.15) is 0 Å². The topological polar surface area (TPSA) is 95.5 Å². The number of rotatable bonds is 5. The number of morpholine rings is 1. The first-order valence-electron chi connectivity index (χ1n) is 6.92. The largest absolute Gasteiger partial charge is 0.379 e. The highest BCUT2D eigenvalue weighted by atomic mass is 32.2. The molecule has 9 heteroatoms. The van der Waals surface area contributed by atoms with Gasteiger partial charge in [0.2, 0.25) is 0 Å². The van der Waals surface area contributed by atoms with E-state index in [1.807, 2.05) is 0 Å². The summed E-state index contributed by atoms with van der Waals surface area (Å²) in [7, 11) is -4.19. The Morgan fingerprint density at radius 2 is 2.14 bits per heavy atom. The Labute approximate surface area is 132 Å². The van der Waals surface area contributed by atoms with Gasteiger partial charge in [-0.25, -0.2) is 4.98 Å². The van der Waals surface area contributed by atoms with Gasteiger partial charge in [-0.3, -0.25) is 9.45 Å². The first-order valence-corrected chi connectivity index (χ1v) is 9.35. The van der Waals surface area contributed by atoms with Crippen LogP contribution in [0.3, 0.4) is 0 Å². The number of fused-ring (bicyclic) bond motifs is 1. The van der Waals surface area contributed by atoms with Crippen LogP contribution in [0.5, 0.6) is 0 Å². The lowest BCUT2D eigenvalue weighted by Crippen LogP contribution is -2.37. The molecule has 3 rings (SSSR count). The molecule has 0 radical (unpaired) electrons. The van der Waals surface area contributed by atoms with Gasteiger partial charge in [0.05, 0.1) is 29.1 Å². The Balaban J connectivity index is 1.64. The molecule has 0 unspecified atom stereocenters. The zero-order chi connectivity index (χ0) is 15.6. The number of H-pyrrole nitrogens is 1. The summed E-state index contributed by atoms with van der Waals surface area (Å²) >= 11 is 1.59. The van der Waals surface area contributed by atoms with Crippen LogP contribution in [0.4, 0.5) is 0 Å². The van der Waals surface area contributed by atoms with Gasteiger partial charge in [0, 0.05) is 25.4 Å². The summed E-state index contributed by atoms with van der Waals surface area (Å²) in [5, 5.41) is 0.746. The summed E-state index contributed by atoms with van der Waals surface area (Å²) in [6.07, 6.45) is 0. The van der Waals surface area contributed by atoms with Crippen molar-refractivity contribution in [3.8, 4) is 0 Å². The third kappa shape index (κ3) is 3.79. The fourth-order valence-electron chi connectivity index (χ4n) is 2.29. The van der Waals surface area contributed by atoms with E-state index in [4.69, 9.17) is 9.29 Å². The highest BCUT2D eigenvalue weighted by molar-refractivity contribution is 7.99. The first-order chi connectivity index (χ1) is 10.5. The molecule has 0 atom stereocenters. The van der Waals surface area contributed by atoms with Crippen molar-refractivity contribution < 1.29 is 17.7 Å². The Morgan fingerprint density at radius 3 is 2.86 bits per heavy atom. The van der Waals surface area contributed by atoms with Crippen molar-refractivity contribution in [2.24, 2.45) is 0 Å². The predicted octanol–water partition coefficient (Wildman–Crippen LogP) is 1.23. The minimum absolute atomic E-state index is 0.131. The number of hydrogen-bond donors (Lipinski definition) is 2. The summed E-state index contributed by atoms with van der Waals surface area (Å²) in [4.78, 5) is 9.70. The molecule has 22 heavy (non-hydrogen) atoms. The van der Waals surface area contributed by atoms with Gasteiger partial charge in [-0.15, -0.1) is 0 Å². The number of thioether (sulfide) groups is 1. The molecule has 2 aromatic rings. The van der Waals surface area contributed by atoms with Crippen molar-refractivity contribution in [3.63, 3.8) is 0 Å². The normalized spacial score (nSPS) is 17.1. The molecular weight excluding hydrogens is 326 g/mol. The molecule has 1 aromatic heterocycles. The van der Waals surface area contributed by atoms with E-state index in [0.29, 0.717) is 11.0 Å². The predicted molar refractivity (Wildman–Crippen MR) is 83.9 cm³/mol. The molecule has 7 nitrogen and oxygen atoms in total. The molecule has 0 aliphatic carbocycles. The van der Waals surface area contributed by atoms with Gasteiger partial charge in [-0.05, 0) is 18.2 Å². The number of hydrogen-bond acceptors (Lipinski definition) is 6. The highest BCUT2D eigenvalue weighted by Gasteiger charge is 2.13. The minimum Gasteiger partial charge on any atom is -0.379 e. The van der Waals surface area contributed by atoms with E-state index >= 15 is 0 Å². The molecule has 1 saturated heterocycles. The summed E-state index contributed by atoms with van der Waals surface area (Å²) in [5.74, 6) is 0.894. The van der Waals surface area contributed by atoms with Gasteiger partial charge in [0.15, 0.2) is 5.16 Å². The van der Waals surface area contributed by atoms with Crippen LogP contribution in [0.15, 0.2) is 28.3 Å². The quantitative estimate of drug-likeness (QED) is 0.623. The van der Waals surface area contributed by atoms with Gasteiger partial charge in [0.25, 0.3) is 10.1 Å². The average Bonchev–Trinajstić information content (AvgIpc) is 2.89. The van der Waals surface area contributed by atoms with Crippen molar-refractivity contribution >= 4 is 32.9 Å². The van der Waals surface area contributed by atoms with Gasteiger partial charge < -0.3 is 9.72 Å². The molecule has 0 amide bonds. The number of nitrogens with one attached hydrogen (secondary N) is 1. The molecule has 2 N–H and O–H groups in total. The number of aromatic nitrogens is 2. The molecule has 2 heterocycles. The van der Waals surface area contributed by atoms with Crippen LogP contribution >= 0.6 is 11.8 Å². The summed E-state index contributed by atoms with van der Waals surface area (Å²) in [5.41, 5.74) is 1.28. The second-order valence-corrected chi connectivity index (χ2v) is 7.50. The molecular formula is C13H17N3O4S2. The molecule has 0 bridgehead atoms. The van der Waals surface area contributed by atoms with E-state index in [0.717, 1.165) is 43.8 Å². The zero-order valence-electron chi connectivity index (χ0n) is 11.9. The van der Waals surface area contributed by atoms with Crippen molar-refractivity contribution in [2.45, 2.75) is 10.1 Å². The number of nitrogens with zero attached hydrogens (tertiary/aromatic N) is 2. The first kappa shape index (κ1) is 15.8. The molecule has 1 aliphatic heterocycles. The Morgan fingerprint density at radius 1 is 1.36 bits per heavy atom. The molecule has 1 aliphatic rings. The number of aromatic amines is 1. The summed E-state index contributed by atoms with van der Waals surface area (Å²) in [6.45, 7) is 4.44. The van der Waals surface area contributed by atoms with Crippen LogP contribution in [0.1, 0.15) is 0 Å². The lowest BCUT2D eigenvalue weighted by atomic mass is 10.3. The fraction of sp³-hybridized carbons (Fsp3) is 0.462. The van der Waals surface area contributed by atoms with Crippen LogP contribution in [-0.2, 0) is 14.9 Å². The van der Waals surface area contributed by atoms with E-state index in [2.05, 4.69) is 14.9 Å². The van der Waals surface area contributed by atoms with Gasteiger partial charge in [-0.1, -0.05) is 11.8 Å². The lowest BCUT2D eigenvalue weighted by Gasteiger charge is -2.26. The molecule has 1 aromatic carbocycles. The second-order valence-electron chi connectivity index (χ2n) is 5.00. The second kappa shape index (κ2) is 6.55. The van der Waals surface area contributed by atoms with Crippen LogP contribution in [0.2, 0.25) is 0 Å². The van der Waals surface area contributed by atoms with Gasteiger partial charge in [-0.2, -0.15) is 8.42 Å². The monoisotopic (exact) mass is 343 g/mol. The van der Waals surface area contributed by atoms with E-state index in [1.54, 1.807) is 17.8 Å². The van der Waals surface area contributed by atoms with Crippen molar-refractivity contribution in [1.29, 1.82) is 0 Å². The van der Waals surface area contributed by atoms with E-state index in [1.165, 1.54) is 12.1 Å². The van der Waals surface area contributed by atoms with Gasteiger partial charge >= 0.3 is 0 Å². The third-order valence-corrected chi connectivity index (χ3v) is 5.18. The maximum atomic E-state index is 11.1. The minimum atomic E-state index is -4.19. The van der Waals surface area contributed by atoms with Crippen LogP contribution in [0.25, 0.3) is 11.0 Å². The molecule has 0 saturated carbocycles.